The fourth-order valence-corrected chi connectivity index (χ4v) is 6.43. The van der Waals surface area contributed by atoms with Crippen molar-refractivity contribution in [2.24, 2.45) is 23.7 Å². The lowest BCUT2D eigenvalue weighted by atomic mass is 9.79. The Balaban J connectivity index is 2.54. The van der Waals surface area contributed by atoms with Crippen molar-refractivity contribution in [1.29, 1.82) is 0 Å². The van der Waals surface area contributed by atoms with Crippen molar-refractivity contribution in [2.75, 3.05) is 33.9 Å². The second kappa shape index (κ2) is 19.2. The van der Waals surface area contributed by atoms with Crippen LogP contribution >= 0.6 is 0 Å². The highest BCUT2D eigenvalue weighted by molar-refractivity contribution is 5.91. The Bertz CT molecular complexity index is 969. The molecule has 11 heteroatoms. The summed E-state index contributed by atoms with van der Waals surface area (Å²) in [6.45, 7) is 11.3. The summed E-state index contributed by atoms with van der Waals surface area (Å²) < 4.78 is 18.6. The van der Waals surface area contributed by atoms with Gasteiger partial charge in [-0.15, -0.1) is 0 Å². The predicted molar refractivity (Wildman–Crippen MR) is 172 cm³/mol. The van der Waals surface area contributed by atoms with Crippen LogP contribution in [-0.2, 0) is 23.8 Å². The van der Waals surface area contributed by atoms with Gasteiger partial charge >= 0.3 is 5.97 Å². The van der Waals surface area contributed by atoms with Crippen LogP contribution in [0.3, 0.4) is 0 Å². The molecule has 0 aromatic carbocycles. The van der Waals surface area contributed by atoms with Crippen LogP contribution in [-0.4, -0.2) is 120 Å². The van der Waals surface area contributed by atoms with E-state index in [0.717, 1.165) is 5.57 Å². The standard InChI is InChI=1S/C34H60N2O9/c1-9-30-22(4)14-20(2)10-11-28(39)21(3)15-25(12-13-35-26(18-37)19-38)33(24(6)29(40)17-31(41)44-30)45-34-32(42)27(36(7)8)16-23(5)43-34/h10-11,14,21-27,29-30,32-35,37-38,40,42H,9,12-13,15-19H2,1-8H3/b11-10+,20-14+/t21-,22+,23-,24+,25+,27+,29?,30-,32-,33-,34+/m1/s1. The van der Waals surface area contributed by atoms with E-state index in [-0.39, 0.29) is 49.4 Å². The second-order valence-electron chi connectivity index (χ2n) is 13.4. The summed E-state index contributed by atoms with van der Waals surface area (Å²) in [6, 6.07) is -0.728. The van der Waals surface area contributed by atoms with E-state index >= 15 is 0 Å². The van der Waals surface area contributed by atoms with Crippen molar-refractivity contribution in [3.05, 3.63) is 23.8 Å². The van der Waals surface area contributed by atoms with Crippen LogP contribution in [0.2, 0.25) is 0 Å². The Labute approximate surface area is 270 Å². The number of carbonyl (C=O) groups excluding carboxylic acids is 2. The maximum atomic E-state index is 13.3. The number of likely N-dealkylation sites (N-methyl/N-ethyl adjacent to an activating group) is 1. The molecule has 2 heterocycles. The van der Waals surface area contributed by atoms with Crippen molar-refractivity contribution in [3.63, 3.8) is 0 Å². The third kappa shape index (κ3) is 12.1. The molecule has 45 heavy (non-hydrogen) atoms. The van der Waals surface area contributed by atoms with Crippen LogP contribution in [0.15, 0.2) is 23.8 Å². The van der Waals surface area contributed by atoms with E-state index in [1.165, 1.54) is 0 Å². The highest BCUT2D eigenvalue weighted by atomic mass is 16.7. The van der Waals surface area contributed by atoms with Crippen LogP contribution in [0, 0.1) is 23.7 Å². The number of nitrogens with one attached hydrogen (secondary N) is 1. The Kier molecular flexibility index (Phi) is 16.8. The van der Waals surface area contributed by atoms with E-state index in [2.05, 4.69) is 5.32 Å². The lowest BCUT2D eigenvalue weighted by molar-refractivity contribution is -0.283. The van der Waals surface area contributed by atoms with Gasteiger partial charge in [-0.3, -0.25) is 9.59 Å². The lowest BCUT2D eigenvalue weighted by Crippen LogP contribution is -2.56. The molecule has 11 nitrogen and oxygen atoms in total. The molecule has 1 saturated heterocycles. The number of aliphatic hydroxyl groups excluding tert-OH is 4. The summed E-state index contributed by atoms with van der Waals surface area (Å²) in [4.78, 5) is 28.4. The minimum absolute atomic E-state index is 0.0512. The molecule has 11 atom stereocenters. The summed E-state index contributed by atoms with van der Waals surface area (Å²) in [5.41, 5.74) is 0.882. The van der Waals surface area contributed by atoms with E-state index < -0.39 is 54.6 Å². The fourth-order valence-electron chi connectivity index (χ4n) is 6.43. The molecule has 0 amide bonds. The first-order chi connectivity index (χ1) is 21.2. The molecule has 2 rings (SSSR count). The number of aliphatic hydroxyl groups is 4. The van der Waals surface area contributed by atoms with Gasteiger partial charge in [0.15, 0.2) is 12.1 Å². The molecule has 0 aromatic heterocycles. The van der Waals surface area contributed by atoms with Crippen LogP contribution in [0.25, 0.3) is 0 Å². The van der Waals surface area contributed by atoms with Crippen LogP contribution < -0.4 is 5.32 Å². The van der Waals surface area contributed by atoms with Crippen LogP contribution in [0.1, 0.15) is 73.6 Å². The molecule has 0 radical (unpaired) electrons. The van der Waals surface area contributed by atoms with E-state index in [0.29, 0.717) is 32.2 Å². The third-order valence-electron chi connectivity index (χ3n) is 9.37. The van der Waals surface area contributed by atoms with Gasteiger partial charge < -0.3 is 44.9 Å². The van der Waals surface area contributed by atoms with Gasteiger partial charge in [0.25, 0.3) is 0 Å². The Morgan fingerprint density at radius 3 is 2.33 bits per heavy atom. The fraction of sp³-hybridized carbons (Fsp3) is 0.824. The van der Waals surface area contributed by atoms with Crippen LogP contribution in [0.5, 0.6) is 0 Å². The zero-order valence-corrected chi connectivity index (χ0v) is 28.6. The van der Waals surface area contributed by atoms with Gasteiger partial charge in [-0.1, -0.05) is 45.4 Å². The normalized spacial score (nSPS) is 38.2. The van der Waals surface area contributed by atoms with Gasteiger partial charge in [0.05, 0.1) is 44.0 Å². The molecular formula is C34H60N2O9. The molecule has 0 saturated carbocycles. The quantitative estimate of drug-likeness (QED) is 0.223. The Hall–Kier alpha value is -1.70. The number of hydrogen-bond donors (Lipinski definition) is 5. The van der Waals surface area contributed by atoms with Gasteiger partial charge in [-0.2, -0.15) is 0 Å². The summed E-state index contributed by atoms with van der Waals surface area (Å²) in [5, 5.41) is 45.1. The second-order valence-corrected chi connectivity index (χ2v) is 13.4. The number of carbonyl (C=O) groups is 2. The Morgan fingerprint density at radius 1 is 1.07 bits per heavy atom. The maximum Gasteiger partial charge on any atom is 0.308 e. The number of nitrogens with zero attached hydrogens (tertiary/aromatic N) is 1. The first-order valence-electron chi connectivity index (χ1n) is 16.6. The van der Waals surface area contributed by atoms with E-state index in [1.807, 2.05) is 59.7 Å². The molecule has 1 fully saturated rings. The number of allylic oxidation sites excluding steroid dienone is 3. The van der Waals surface area contributed by atoms with E-state index in [1.54, 1.807) is 19.1 Å². The summed E-state index contributed by atoms with van der Waals surface area (Å²) in [7, 11) is 3.78. The van der Waals surface area contributed by atoms with Crippen LogP contribution in [0.4, 0.5) is 0 Å². The zero-order valence-electron chi connectivity index (χ0n) is 28.6. The zero-order chi connectivity index (χ0) is 33.8. The largest absolute Gasteiger partial charge is 0.462 e. The minimum Gasteiger partial charge on any atom is -0.462 e. The van der Waals surface area contributed by atoms with Crippen molar-refractivity contribution in [2.45, 2.75) is 123 Å². The highest BCUT2D eigenvalue weighted by Crippen LogP contribution is 2.34. The molecule has 2 aliphatic rings. The molecule has 260 valence electrons. The monoisotopic (exact) mass is 640 g/mol. The summed E-state index contributed by atoms with van der Waals surface area (Å²) >= 11 is 0. The van der Waals surface area contributed by atoms with Crippen molar-refractivity contribution < 1.29 is 44.2 Å². The topological polar surface area (TPSA) is 158 Å². The molecule has 0 spiro atoms. The van der Waals surface area contributed by atoms with Crippen molar-refractivity contribution >= 4 is 11.8 Å². The van der Waals surface area contributed by atoms with Crippen molar-refractivity contribution in [1.82, 2.24) is 10.2 Å². The van der Waals surface area contributed by atoms with E-state index in [9.17, 15) is 30.0 Å². The number of ether oxygens (including phenoxy) is 3. The predicted octanol–water partition coefficient (Wildman–Crippen LogP) is 2.20. The smallest absolute Gasteiger partial charge is 0.308 e. The molecule has 0 bridgehead atoms. The average Bonchev–Trinajstić information content (AvgIpc) is 2.99. The number of cyclic esters (lactones) is 1. The van der Waals surface area contributed by atoms with Crippen molar-refractivity contribution in [3.8, 4) is 0 Å². The number of hydrogen-bond acceptors (Lipinski definition) is 11. The van der Waals surface area contributed by atoms with Gasteiger partial charge in [0.2, 0.25) is 0 Å². The number of ketones is 1. The molecule has 0 aliphatic carbocycles. The lowest BCUT2D eigenvalue weighted by Gasteiger charge is -2.44. The first-order valence-corrected chi connectivity index (χ1v) is 16.6. The van der Waals surface area contributed by atoms with E-state index in [4.69, 9.17) is 14.2 Å². The number of rotatable bonds is 10. The molecule has 2 aliphatic heterocycles. The SMILES string of the molecule is CC[C@H]1OC(=O)CC(O)[C@H](C)[C@@H](O[C@@H]2O[C@H](C)C[C@H](N(C)C)[C@H]2O)[C@@H](CCNC(CO)CO)C[C@@H](C)C(=O)/C=C/C(C)=C/[C@@H]1C. The molecular weight excluding hydrogens is 580 g/mol. The molecule has 0 aromatic rings. The van der Waals surface area contributed by atoms with Gasteiger partial charge in [-0.25, -0.2) is 0 Å². The third-order valence-corrected chi connectivity index (χ3v) is 9.37. The van der Waals surface area contributed by atoms with Gasteiger partial charge in [-0.05, 0) is 72.2 Å². The molecule has 5 N–H and O–H groups in total. The van der Waals surface area contributed by atoms with Gasteiger partial charge in [0, 0.05) is 23.8 Å². The summed E-state index contributed by atoms with van der Waals surface area (Å²) in [5.74, 6) is -1.99. The average molecular weight is 641 g/mol. The minimum atomic E-state index is -1.13. The number of esters is 1. The molecule has 1 unspecified atom stereocenters. The Morgan fingerprint density at radius 2 is 1.73 bits per heavy atom. The highest BCUT2D eigenvalue weighted by Gasteiger charge is 2.43. The summed E-state index contributed by atoms with van der Waals surface area (Å²) in [6.07, 6.45) is 2.76. The van der Waals surface area contributed by atoms with Gasteiger partial charge in [0.1, 0.15) is 12.2 Å². The maximum absolute atomic E-state index is 13.3. The first kappa shape index (κ1) is 39.5.